The van der Waals surface area contributed by atoms with E-state index in [0.29, 0.717) is 18.5 Å². The van der Waals surface area contributed by atoms with Gasteiger partial charge in [-0.3, -0.25) is 0 Å². The van der Waals surface area contributed by atoms with Crippen LogP contribution in [0.2, 0.25) is 0 Å². The van der Waals surface area contributed by atoms with Gasteiger partial charge in [0.1, 0.15) is 5.82 Å². The molecule has 2 fully saturated rings. The van der Waals surface area contributed by atoms with Crippen LogP contribution in [-0.4, -0.2) is 52.4 Å². The van der Waals surface area contributed by atoms with Gasteiger partial charge in [0.2, 0.25) is 11.7 Å². The Hall–Kier alpha value is -2.69. The normalized spacial score (nSPS) is 22.9. The maximum atomic E-state index is 14.1. The van der Waals surface area contributed by atoms with E-state index in [4.69, 9.17) is 10.3 Å². The second-order valence-electron chi connectivity index (χ2n) is 8.03. The number of urea groups is 1. The number of carbonyl (C=O) groups is 1. The van der Waals surface area contributed by atoms with Crippen LogP contribution in [0.1, 0.15) is 31.6 Å². The molecule has 2 aromatic rings. The number of hydrogen-bond acceptors (Lipinski definition) is 5. The molecule has 3 N–H and O–H groups in total. The van der Waals surface area contributed by atoms with Crippen molar-refractivity contribution in [2.75, 3.05) is 19.6 Å². The van der Waals surface area contributed by atoms with Crippen LogP contribution in [0.25, 0.3) is 11.4 Å². The van der Waals surface area contributed by atoms with Crippen molar-refractivity contribution in [3.63, 3.8) is 0 Å². The summed E-state index contributed by atoms with van der Waals surface area (Å²) in [4.78, 5) is 17.4. The van der Waals surface area contributed by atoms with E-state index in [1.807, 2.05) is 0 Å². The van der Waals surface area contributed by atoms with Crippen molar-refractivity contribution in [3.05, 3.63) is 36.0 Å². The fraction of sp³-hybridized carbons (Fsp3) is 0.526. The molecule has 2 aliphatic rings. The molecule has 0 bridgehead atoms. The van der Waals surface area contributed by atoms with Crippen LogP contribution in [0.15, 0.2) is 28.8 Å². The van der Waals surface area contributed by atoms with Crippen molar-refractivity contribution >= 4 is 6.03 Å². The first-order chi connectivity index (χ1) is 14.1. The molecular formula is C19H21F4N5O2. The highest BCUT2D eigenvalue weighted by Gasteiger charge is 2.63. The number of halogens is 4. The molecule has 11 heteroatoms. The van der Waals surface area contributed by atoms with Gasteiger partial charge in [-0.05, 0) is 49.9 Å². The smallest absolute Gasteiger partial charge is 0.338 e. The number of likely N-dealkylation sites (tertiary alicyclic amines) is 1. The number of nitrogens with one attached hydrogen (secondary N) is 1. The van der Waals surface area contributed by atoms with Crippen molar-refractivity contribution in [1.29, 1.82) is 0 Å². The van der Waals surface area contributed by atoms with E-state index >= 15 is 0 Å². The highest BCUT2D eigenvalue weighted by Crippen LogP contribution is 2.47. The van der Waals surface area contributed by atoms with Crippen LogP contribution in [0, 0.1) is 5.82 Å². The summed E-state index contributed by atoms with van der Waals surface area (Å²) in [7, 11) is 0. The number of benzene rings is 1. The summed E-state index contributed by atoms with van der Waals surface area (Å²) in [6, 6.07) is 4.42. The molecule has 1 aromatic heterocycles. The Balaban J connectivity index is 1.50. The zero-order valence-corrected chi connectivity index (χ0v) is 16.0. The van der Waals surface area contributed by atoms with E-state index in [1.165, 1.54) is 12.1 Å². The first-order valence-corrected chi connectivity index (χ1v) is 9.60. The van der Waals surface area contributed by atoms with E-state index in [1.54, 1.807) is 0 Å². The average Bonchev–Trinajstić information content (AvgIpc) is 3.12. The summed E-state index contributed by atoms with van der Waals surface area (Å²) in [6.07, 6.45) is -2.74. The second-order valence-corrected chi connectivity index (χ2v) is 8.03. The Kier molecular flexibility index (Phi) is 4.95. The van der Waals surface area contributed by atoms with Gasteiger partial charge < -0.3 is 20.5 Å². The average molecular weight is 427 g/mol. The van der Waals surface area contributed by atoms with Crippen LogP contribution in [0.4, 0.5) is 22.4 Å². The molecule has 4 rings (SSSR count). The van der Waals surface area contributed by atoms with E-state index in [-0.39, 0.29) is 17.9 Å². The lowest BCUT2D eigenvalue weighted by molar-refractivity contribution is -0.193. The lowest BCUT2D eigenvalue weighted by atomic mass is 9.86. The first kappa shape index (κ1) is 20.6. The molecule has 0 spiro atoms. The summed E-state index contributed by atoms with van der Waals surface area (Å²) in [5.41, 5.74) is 3.57. The molecule has 30 heavy (non-hydrogen) atoms. The molecule has 2 heterocycles. The largest absolute Gasteiger partial charge is 0.405 e. The Morgan fingerprint density at radius 1 is 1.23 bits per heavy atom. The predicted molar refractivity (Wildman–Crippen MR) is 97.8 cm³/mol. The third-order valence-electron chi connectivity index (χ3n) is 5.83. The van der Waals surface area contributed by atoms with Gasteiger partial charge in [0.25, 0.3) is 0 Å². The molecule has 7 nitrogen and oxygen atoms in total. The van der Waals surface area contributed by atoms with E-state index in [2.05, 4.69) is 15.5 Å². The summed E-state index contributed by atoms with van der Waals surface area (Å²) in [5, 5.41) is 6.27. The number of aromatic nitrogens is 2. The number of alkyl halides is 3. The van der Waals surface area contributed by atoms with Gasteiger partial charge in [-0.2, -0.15) is 18.2 Å². The summed E-state index contributed by atoms with van der Waals surface area (Å²) < 4.78 is 60.3. The van der Waals surface area contributed by atoms with Gasteiger partial charge in [0, 0.05) is 30.7 Å². The first-order valence-electron chi connectivity index (χ1n) is 9.60. The van der Waals surface area contributed by atoms with Gasteiger partial charge in [-0.1, -0.05) is 5.16 Å². The number of rotatable bonds is 5. The minimum Gasteiger partial charge on any atom is -0.338 e. The molecule has 162 valence electrons. The molecule has 1 aromatic carbocycles. The van der Waals surface area contributed by atoms with Gasteiger partial charge in [0.15, 0.2) is 5.41 Å². The third-order valence-corrected chi connectivity index (χ3v) is 5.83. The van der Waals surface area contributed by atoms with Crippen LogP contribution in [0.3, 0.4) is 0 Å². The number of nitrogens with two attached hydrogens (primary N) is 1. The van der Waals surface area contributed by atoms with Crippen LogP contribution < -0.4 is 11.1 Å². The Labute approximate surface area is 169 Å². The maximum absolute atomic E-state index is 14.1. The molecule has 1 atom stereocenters. The number of nitrogens with zero attached hydrogens (tertiary/aromatic N) is 3. The minimum absolute atomic E-state index is 0.0748. The SMILES string of the molecule is NC1(CCNC(=O)N2CCC(c3nc(-c4ccc(F)cc4)no3)(C(F)(F)F)C2)CC1. The van der Waals surface area contributed by atoms with Crippen molar-refractivity contribution in [2.24, 2.45) is 5.73 Å². The molecule has 2 amide bonds. The number of carbonyl (C=O) groups excluding carboxylic acids is 1. The van der Waals surface area contributed by atoms with E-state index in [9.17, 15) is 22.4 Å². The fourth-order valence-corrected chi connectivity index (χ4v) is 3.59. The maximum Gasteiger partial charge on any atom is 0.405 e. The standard InChI is InChI=1S/C19H21F4N5O2/c20-13-3-1-12(2-4-13)14-26-15(30-27-14)18(19(21,22)23)8-10-28(11-18)16(29)25-9-7-17(24)5-6-17/h1-4H,5-11,24H2,(H,25,29). The fourth-order valence-electron chi connectivity index (χ4n) is 3.59. The molecule has 1 unspecified atom stereocenters. The topological polar surface area (TPSA) is 97.3 Å². The summed E-state index contributed by atoms with van der Waals surface area (Å²) in [6.45, 7) is -0.422. The van der Waals surface area contributed by atoms with Gasteiger partial charge in [0.05, 0.1) is 0 Å². The highest BCUT2D eigenvalue weighted by atomic mass is 19.4. The predicted octanol–water partition coefficient (Wildman–Crippen LogP) is 2.97. The Morgan fingerprint density at radius 2 is 1.93 bits per heavy atom. The van der Waals surface area contributed by atoms with Crippen LogP contribution >= 0.6 is 0 Å². The van der Waals surface area contributed by atoms with Gasteiger partial charge in [-0.15, -0.1) is 0 Å². The van der Waals surface area contributed by atoms with E-state index < -0.39 is 42.3 Å². The number of amides is 2. The zero-order valence-electron chi connectivity index (χ0n) is 16.0. The zero-order chi connectivity index (χ0) is 21.6. The molecule has 1 aliphatic heterocycles. The summed E-state index contributed by atoms with van der Waals surface area (Å²) >= 11 is 0. The minimum atomic E-state index is -4.70. The third kappa shape index (κ3) is 3.85. The van der Waals surface area contributed by atoms with Crippen LogP contribution in [-0.2, 0) is 5.41 Å². The molecular weight excluding hydrogens is 406 g/mol. The monoisotopic (exact) mass is 427 g/mol. The van der Waals surface area contributed by atoms with Crippen molar-refractivity contribution in [3.8, 4) is 11.4 Å². The van der Waals surface area contributed by atoms with Crippen LogP contribution in [0.5, 0.6) is 0 Å². The van der Waals surface area contributed by atoms with Crippen molar-refractivity contribution in [1.82, 2.24) is 20.4 Å². The van der Waals surface area contributed by atoms with E-state index in [0.717, 1.165) is 29.9 Å². The lowest BCUT2D eigenvalue weighted by Gasteiger charge is -2.28. The van der Waals surface area contributed by atoms with Crippen molar-refractivity contribution < 1.29 is 26.9 Å². The number of hydrogen-bond donors (Lipinski definition) is 2. The molecule has 0 radical (unpaired) electrons. The quantitative estimate of drug-likeness (QED) is 0.715. The molecule has 1 saturated heterocycles. The van der Waals surface area contributed by atoms with Gasteiger partial charge in [-0.25, -0.2) is 9.18 Å². The Morgan fingerprint density at radius 3 is 2.57 bits per heavy atom. The van der Waals surface area contributed by atoms with Gasteiger partial charge >= 0.3 is 12.2 Å². The highest BCUT2D eigenvalue weighted by molar-refractivity contribution is 5.74. The second kappa shape index (κ2) is 7.22. The molecule has 1 saturated carbocycles. The Bertz CT molecular complexity index is 926. The van der Waals surface area contributed by atoms with Crippen molar-refractivity contribution in [2.45, 2.75) is 42.8 Å². The lowest BCUT2D eigenvalue weighted by Crippen LogP contribution is -2.47. The summed E-state index contributed by atoms with van der Waals surface area (Å²) in [5.74, 6) is -1.17. The molecule has 1 aliphatic carbocycles.